The molecule has 0 bridgehead atoms. The van der Waals surface area contributed by atoms with E-state index in [9.17, 15) is 8.78 Å². The van der Waals surface area contributed by atoms with Crippen molar-refractivity contribution in [3.8, 4) is 0 Å². The lowest BCUT2D eigenvalue weighted by atomic mass is 10.2. The molecule has 0 saturated heterocycles. The van der Waals surface area contributed by atoms with Crippen molar-refractivity contribution in [2.45, 2.75) is 26.7 Å². The van der Waals surface area contributed by atoms with Crippen LogP contribution in [-0.2, 0) is 0 Å². The van der Waals surface area contributed by atoms with Gasteiger partial charge in [-0.25, -0.2) is 8.78 Å². The van der Waals surface area contributed by atoms with Gasteiger partial charge >= 0.3 is 0 Å². The third-order valence-electron chi connectivity index (χ3n) is 1.81. The maximum Gasteiger partial charge on any atom is 0.272 e. The largest absolute Gasteiger partial charge is 0.311 e. The van der Waals surface area contributed by atoms with Crippen molar-refractivity contribution in [1.82, 2.24) is 10.2 Å². The first-order valence-electron chi connectivity index (χ1n) is 5.14. The molecule has 0 spiro atoms. The van der Waals surface area contributed by atoms with E-state index in [1.165, 1.54) is 0 Å². The molecular formula is C10H22F2N2. The van der Waals surface area contributed by atoms with E-state index in [0.717, 1.165) is 0 Å². The number of halogens is 2. The molecule has 1 N–H and O–H groups in total. The van der Waals surface area contributed by atoms with Gasteiger partial charge < -0.3 is 10.2 Å². The van der Waals surface area contributed by atoms with Crippen molar-refractivity contribution >= 4 is 0 Å². The van der Waals surface area contributed by atoms with Gasteiger partial charge in [-0.05, 0) is 19.5 Å². The van der Waals surface area contributed by atoms with Gasteiger partial charge in [0.2, 0.25) is 0 Å². The average molecular weight is 208 g/mol. The van der Waals surface area contributed by atoms with Gasteiger partial charge in [0.25, 0.3) is 5.92 Å². The van der Waals surface area contributed by atoms with Crippen molar-refractivity contribution in [3.63, 3.8) is 0 Å². The normalized spacial score (nSPS) is 12.9. The monoisotopic (exact) mass is 208 g/mol. The highest BCUT2D eigenvalue weighted by Crippen LogP contribution is 2.13. The Morgan fingerprint density at radius 1 is 1.36 bits per heavy atom. The first-order valence-corrected chi connectivity index (χ1v) is 5.14. The highest BCUT2D eigenvalue weighted by molar-refractivity contribution is 4.73. The number of nitrogens with one attached hydrogen (secondary N) is 1. The number of rotatable bonds is 7. The molecule has 14 heavy (non-hydrogen) atoms. The molecule has 0 radical (unpaired) electrons. The molecule has 86 valence electrons. The summed E-state index contributed by atoms with van der Waals surface area (Å²) in [6, 6.07) is 0. The molecule has 0 aromatic carbocycles. The minimum Gasteiger partial charge on any atom is -0.311 e. The summed E-state index contributed by atoms with van der Waals surface area (Å²) in [4.78, 5) is 1.68. The molecule has 0 aliphatic carbocycles. The quantitative estimate of drug-likeness (QED) is 0.686. The van der Waals surface area contributed by atoms with Crippen LogP contribution in [0.15, 0.2) is 0 Å². The first kappa shape index (κ1) is 13.8. The number of hydrogen-bond donors (Lipinski definition) is 1. The van der Waals surface area contributed by atoms with Gasteiger partial charge in [0.05, 0.1) is 13.1 Å². The molecule has 0 aromatic rings. The van der Waals surface area contributed by atoms with Crippen molar-refractivity contribution in [3.05, 3.63) is 0 Å². The predicted octanol–water partition coefficient (Wildman–Crippen LogP) is 1.82. The van der Waals surface area contributed by atoms with Crippen molar-refractivity contribution in [2.24, 2.45) is 5.92 Å². The Hall–Kier alpha value is -0.220. The molecule has 0 amide bonds. The molecule has 0 unspecified atom stereocenters. The van der Waals surface area contributed by atoms with Crippen LogP contribution in [0.3, 0.4) is 0 Å². The molecule has 0 saturated carbocycles. The highest BCUT2D eigenvalue weighted by Gasteiger charge is 2.29. The molecular weight excluding hydrogens is 186 g/mol. The Balaban J connectivity index is 3.82. The second-order valence-electron chi connectivity index (χ2n) is 4.23. The standard InChI is InChI=1S/C10H22F2N2/c1-5-13-7-10(11,12)8-14(4)6-9(2)3/h9,13H,5-8H2,1-4H3. The van der Waals surface area contributed by atoms with E-state index in [0.29, 0.717) is 19.0 Å². The molecule has 0 aliphatic rings. The fourth-order valence-corrected chi connectivity index (χ4v) is 1.45. The fraction of sp³-hybridized carbons (Fsp3) is 1.00. The van der Waals surface area contributed by atoms with Gasteiger partial charge in [0, 0.05) is 6.54 Å². The molecule has 0 heterocycles. The minimum absolute atomic E-state index is 0.168. The first-order chi connectivity index (χ1) is 6.37. The molecule has 0 aromatic heterocycles. The molecule has 4 heteroatoms. The lowest BCUT2D eigenvalue weighted by molar-refractivity contribution is -0.0262. The van der Waals surface area contributed by atoms with Crippen LogP contribution in [0.2, 0.25) is 0 Å². The number of hydrogen-bond acceptors (Lipinski definition) is 2. The van der Waals surface area contributed by atoms with E-state index in [1.54, 1.807) is 11.9 Å². The van der Waals surface area contributed by atoms with Crippen LogP contribution >= 0.6 is 0 Å². The van der Waals surface area contributed by atoms with E-state index in [-0.39, 0.29) is 13.1 Å². The fourth-order valence-electron chi connectivity index (χ4n) is 1.45. The summed E-state index contributed by atoms with van der Waals surface area (Å²) in [7, 11) is 1.74. The zero-order valence-electron chi connectivity index (χ0n) is 9.61. The summed E-state index contributed by atoms with van der Waals surface area (Å²) < 4.78 is 26.4. The lowest BCUT2D eigenvalue weighted by Crippen LogP contribution is -2.43. The predicted molar refractivity (Wildman–Crippen MR) is 55.8 cm³/mol. The summed E-state index contributed by atoms with van der Waals surface area (Å²) in [6.07, 6.45) is 0. The minimum atomic E-state index is -2.63. The molecule has 0 rings (SSSR count). The van der Waals surface area contributed by atoms with Crippen LogP contribution in [-0.4, -0.2) is 44.0 Å². The van der Waals surface area contributed by atoms with Gasteiger partial charge in [-0.1, -0.05) is 20.8 Å². The van der Waals surface area contributed by atoms with Gasteiger partial charge in [0.1, 0.15) is 0 Å². The lowest BCUT2D eigenvalue weighted by Gasteiger charge is -2.25. The molecule has 0 atom stereocenters. The van der Waals surface area contributed by atoms with Crippen LogP contribution in [0, 0.1) is 5.92 Å². The maximum atomic E-state index is 13.2. The van der Waals surface area contributed by atoms with Crippen molar-refractivity contribution in [2.75, 3.05) is 33.2 Å². The van der Waals surface area contributed by atoms with Gasteiger partial charge in [-0.3, -0.25) is 0 Å². The topological polar surface area (TPSA) is 15.3 Å². The van der Waals surface area contributed by atoms with Crippen LogP contribution in [0.4, 0.5) is 8.78 Å². The van der Waals surface area contributed by atoms with E-state index >= 15 is 0 Å². The van der Waals surface area contributed by atoms with Crippen LogP contribution in [0.1, 0.15) is 20.8 Å². The van der Waals surface area contributed by atoms with E-state index in [2.05, 4.69) is 5.32 Å². The van der Waals surface area contributed by atoms with E-state index in [4.69, 9.17) is 0 Å². The Morgan fingerprint density at radius 3 is 2.36 bits per heavy atom. The number of alkyl halides is 2. The summed E-state index contributed by atoms with van der Waals surface area (Å²) in [5.74, 6) is -2.20. The Labute approximate surface area is 85.7 Å². The van der Waals surface area contributed by atoms with Gasteiger partial charge in [0.15, 0.2) is 0 Å². The molecule has 0 aliphatic heterocycles. The molecule has 0 fully saturated rings. The summed E-state index contributed by atoms with van der Waals surface area (Å²) in [6.45, 7) is 6.78. The summed E-state index contributed by atoms with van der Waals surface area (Å²) >= 11 is 0. The summed E-state index contributed by atoms with van der Waals surface area (Å²) in [5, 5.41) is 2.67. The third-order valence-corrected chi connectivity index (χ3v) is 1.81. The van der Waals surface area contributed by atoms with Crippen LogP contribution in [0.25, 0.3) is 0 Å². The van der Waals surface area contributed by atoms with Crippen molar-refractivity contribution < 1.29 is 8.78 Å². The van der Waals surface area contributed by atoms with E-state index < -0.39 is 5.92 Å². The Morgan fingerprint density at radius 2 is 1.93 bits per heavy atom. The highest BCUT2D eigenvalue weighted by atomic mass is 19.3. The number of nitrogens with zero attached hydrogens (tertiary/aromatic N) is 1. The SMILES string of the molecule is CCNCC(F)(F)CN(C)CC(C)C. The molecule has 2 nitrogen and oxygen atoms in total. The van der Waals surface area contributed by atoms with Gasteiger partial charge in [-0.15, -0.1) is 0 Å². The average Bonchev–Trinajstić information content (AvgIpc) is 1.98. The smallest absolute Gasteiger partial charge is 0.272 e. The Kier molecular flexibility index (Phi) is 6.20. The second kappa shape index (κ2) is 6.30. The zero-order chi connectivity index (χ0) is 11.2. The van der Waals surface area contributed by atoms with Crippen LogP contribution < -0.4 is 5.32 Å². The third kappa shape index (κ3) is 7.21. The summed E-state index contributed by atoms with van der Waals surface area (Å²) in [5.41, 5.74) is 0. The van der Waals surface area contributed by atoms with Gasteiger partial charge in [-0.2, -0.15) is 0 Å². The second-order valence-corrected chi connectivity index (χ2v) is 4.23. The maximum absolute atomic E-state index is 13.2. The van der Waals surface area contributed by atoms with Crippen LogP contribution in [0.5, 0.6) is 0 Å². The Bertz CT molecular complexity index is 149. The zero-order valence-corrected chi connectivity index (χ0v) is 9.61. The van der Waals surface area contributed by atoms with E-state index in [1.807, 2.05) is 20.8 Å². The van der Waals surface area contributed by atoms with Crippen molar-refractivity contribution in [1.29, 1.82) is 0 Å².